The van der Waals surface area contributed by atoms with Gasteiger partial charge in [0, 0.05) is 13.2 Å². The van der Waals surface area contributed by atoms with Crippen LogP contribution in [0.5, 0.6) is 0 Å². The number of esters is 1. The van der Waals surface area contributed by atoms with Crippen LogP contribution >= 0.6 is 0 Å². The van der Waals surface area contributed by atoms with Gasteiger partial charge >= 0.3 is 12.1 Å². The van der Waals surface area contributed by atoms with Crippen LogP contribution in [-0.2, 0) is 10.9 Å². The van der Waals surface area contributed by atoms with Crippen molar-refractivity contribution in [3.63, 3.8) is 0 Å². The lowest BCUT2D eigenvalue weighted by molar-refractivity contribution is -0.144. The molecule has 1 N–H and O–H groups in total. The van der Waals surface area contributed by atoms with Crippen LogP contribution in [0.15, 0.2) is 6.20 Å². The van der Waals surface area contributed by atoms with Crippen LogP contribution in [0.25, 0.3) is 0 Å². The third-order valence-corrected chi connectivity index (χ3v) is 1.77. The fraction of sp³-hybridized carbons (Fsp3) is 0.444. The van der Waals surface area contributed by atoms with E-state index in [9.17, 15) is 18.0 Å². The number of alkyl halides is 3. The fourth-order valence-electron chi connectivity index (χ4n) is 1.07. The van der Waals surface area contributed by atoms with Crippen molar-refractivity contribution in [3.05, 3.63) is 17.6 Å². The molecule has 0 amide bonds. The number of hydrogen-bond donors (Lipinski definition) is 1. The van der Waals surface area contributed by atoms with Crippen molar-refractivity contribution >= 4 is 11.8 Å². The number of hydrogen-bond acceptors (Lipinski definition) is 5. The van der Waals surface area contributed by atoms with Crippen molar-refractivity contribution in [3.8, 4) is 0 Å². The zero-order chi connectivity index (χ0) is 13.1. The molecule has 1 aromatic rings. The highest BCUT2D eigenvalue weighted by atomic mass is 19.4. The Kier molecular flexibility index (Phi) is 3.87. The Morgan fingerprint density at radius 2 is 2.18 bits per heavy atom. The van der Waals surface area contributed by atoms with E-state index in [1.165, 1.54) is 7.05 Å². The van der Waals surface area contributed by atoms with Gasteiger partial charge in [-0.15, -0.1) is 0 Å². The quantitative estimate of drug-likeness (QED) is 0.826. The summed E-state index contributed by atoms with van der Waals surface area (Å²) < 4.78 is 41.6. The minimum absolute atomic E-state index is 0.114. The molecule has 0 saturated heterocycles. The molecule has 0 spiro atoms. The number of nitrogens with one attached hydrogen (secondary N) is 1. The van der Waals surface area contributed by atoms with Crippen LogP contribution in [0.3, 0.4) is 0 Å². The number of carbonyl (C=O) groups excluding carboxylic acids is 1. The van der Waals surface area contributed by atoms with Crippen LogP contribution in [0.1, 0.15) is 23.1 Å². The second-order valence-corrected chi connectivity index (χ2v) is 2.92. The summed E-state index contributed by atoms with van der Waals surface area (Å²) in [5, 5.41) is 2.40. The molecule has 0 saturated carbocycles. The third kappa shape index (κ3) is 3.05. The lowest BCUT2D eigenvalue weighted by atomic mass is 10.3. The minimum Gasteiger partial charge on any atom is -0.462 e. The molecule has 0 aliphatic rings. The van der Waals surface area contributed by atoms with Gasteiger partial charge in [0.05, 0.1) is 6.61 Å². The molecule has 8 heteroatoms. The van der Waals surface area contributed by atoms with E-state index >= 15 is 0 Å². The molecule has 17 heavy (non-hydrogen) atoms. The SMILES string of the molecule is CCOC(=O)c1cnc(C(F)(F)F)nc1NC. The first-order valence-electron chi connectivity index (χ1n) is 4.69. The molecule has 0 fully saturated rings. The minimum atomic E-state index is -4.65. The van der Waals surface area contributed by atoms with Crippen molar-refractivity contribution in [1.82, 2.24) is 9.97 Å². The maximum Gasteiger partial charge on any atom is 0.451 e. The molecule has 0 aromatic carbocycles. The summed E-state index contributed by atoms with van der Waals surface area (Å²) in [7, 11) is 1.35. The van der Waals surface area contributed by atoms with Crippen LogP contribution in [-0.4, -0.2) is 29.6 Å². The average Bonchev–Trinajstić information content (AvgIpc) is 2.27. The van der Waals surface area contributed by atoms with Gasteiger partial charge in [-0.05, 0) is 6.92 Å². The van der Waals surface area contributed by atoms with Crippen LogP contribution in [0.4, 0.5) is 19.0 Å². The molecule has 1 rings (SSSR count). The van der Waals surface area contributed by atoms with Gasteiger partial charge in [-0.2, -0.15) is 13.2 Å². The average molecular weight is 249 g/mol. The maximum absolute atomic E-state index is 12.3. The first-order valence-corrected chi connectivity index (χ1v) is 4.69. The number of ether oxygens (including phenoxy) is 1. The molecule has 94 valence electrons. The van der Waals surface area contributed by atoms with E-state index in [1.54, 1.807) is 6.92 Å². The van der Waals surface area contributed by atoms with Gasteiger partial charge in [0.2, 0.25) is 5.82 Å². The summed E-state index contributed by atoms with van der Waals surface area (Å²) in [5.41, 5.74) is -0.137. The molecule has 0 unspecified atom stereocenters. The molecular formula is C9H10F3N3O2. The predicted octanol–water partition coefficient (Wildman–Crippen LogP) is 1.71. The Hall–Kier alpha value is -1.86. The van der Waals surface area contributed by atoms with Crippen LogP contribution < -0.4 is 5.32 Å². The summed E-state index contributed by atoms with van der Waals surface area (Å²) in [4.78, 5) is 17.7. The number of rotatable bonds is 3. The van der Waals surface area contributed by atoms with Gasteiger partial charge in [-0.1, -0.05) is 0 Å². The number of halogens is 3. The van der Waals surface area contributed by atoms with Crippen LogP contribution in [0.2, 0.25) is 0 Å². The summed E-state index contributed by atoms with van der Waals surface area (Å²) in [6.07, 6.45) is -3.86. The molecule has 1 heterocycles. The number of aromatic nitrogens is 2. The highest BCUT2D eigenvalue weighted by Gasteiger charge is 2.35. The lowest BCUT2D eigenvalue weighted by Gasteiger charge is -2.10. The Morgan fingerprint density at radius 3 is 2.65 bits per heavy atom. The molecular weight excluding hydrogens is 239 g/mol. The first-order chi connectivity index (χ1) is 7.90. The van der Waals surface area contributed by atoms with Crippen molar-refractivity contribution in [2.24, 2.45) is 0 Å². The molecule has 0 aliphatic carbocycles. The van der Waals surface area contributed by atoms with Gasteiger partial charge in [-0.3, -0.25) is 0 Å². The second-order valence-electron chi connectivity index (χ2n) is 2.92. The Labute approximate surface area is 95.0 Å². The normalized spacial score (nSPS) is 11.1. The van der Waals surface area contributed by atoms with Gasteiger partial charge in [0.25, 0.3) is 0 Å². The van der Waals surface area contributed by atoms with E-state index in [0.717, 1.165) is 6.20 Å². The predicted molar refractivity (Wildman–Crippen MR) is 52.5 cm³/mol. The van der Waals surface area contributed by atoms with E-state index in [2.05, 4.69) is 20.0 Å². The van der Waals surface area contributed by atoms with E-state index < -0.39 is 18.0 Å². The van der Waals surface area contributed by atoms with Crippen molar-refractivity contribution < 1.29 is 22.7 Å². The molecule has 0 radical (unpaired) electrons. The van der Waals surface area contributed by atoms with E-state index in [0.29, 0.717) is 0 Å². The first kappa shape index (κ1) is 13.2. The molecule has 1 aromatic heterocycles. The Morgan fingerprint density at radius 1 is 1.53 bits per heavy atom. The lowest BCUT2D eigenvalue weighted by Crippen LogP contribution is -2.16. The number of nitrogens with zero attached hydrogens (tertiary/aromatic N) is 2. The molecule has 0 aliphatic heterocycles. The van der Waals surface area contributed by atoms with E-state index in [-0.39, 0.29) is 18.0 Å². The van der Waals surface area contributed by atoms with Crippen molar-refractivity contribution in [2.75, 3.05) is 19.0 Å². The van der Waals surface area contributed by atoms with Crippen molar-refractivity contribution in [1.29, 1.82) is 0 Å². The topological polar surface area (TPSA) is 64.1 Å². The highest BCUT2D eigenvalue weighted by Crippen LogP contribution is 2.27. The Balaban J connectivity index is 3.14. The summed E-state index contributed by atoms with van der Waals surface area (Å²) >= 11 is 0. The van der Waals surface area contributed by atoms with Gasteiger partial charge in [0.1, 0.15) is 11.4 Å². The molecule has 0 atom stereocenters. The zero-order valence-electron chi connectivity index (χ0n) is 9.13. The van der Waals surface area contributed by atoms with Gasteiger partial charge < -0.3 is 10.1 Å². The third-order valence-electron chi connectivity index (χ3n) is 1.77. The largest absolute Gasteiger partial charge is 0.462 e. The standard InChI is InChI=1S/C9H10F3N3O2/c1-3-17-7(16)5-4-14-8(9(10,11)12)15-6(5)13-2/h4H,3H2,1-2H3,(H,13,14,15). The van der Waals surface area contributed by atoms with Gasteiger partial charge in [0.15, 0.2) is 0 Å². The van der Waals surface area contributed by atoms with Gasteiger partial charge in [-0.25, -0.2) is 14.8 Å². The highest BCUT2D eigenvalue weighted by molar-refractivity contribution is 5.94. The van der Waals surface area contributed by atoms with Crippen LogP contribution in [0, 0.1) is 0 Å². The van der Waals surface area contributed by atoms with E-state index in [1.807, 2.05) is 0 Å². The number of anilines is 1. The van der Waals surface area contributed by atoms with E-state index in [4.69, 9.17) is 0 Å². The summed E-state index contributed by atoms with van der Waals surface area (Å²) in [5.74, 6) is -2.30. The Bertz CT molecular complexity index is 420. The van der Waals surface area contributed by atoms with Crippen molar-refractivity contribution in [2.45, 2.75) is 13.1 Å². The fourth-order valence-corrected chi connectivity index (χ4v) is 1.07. The summed E-state index contributed by atoms with van der Waals surface area (Å²) in [6, 6.07) is 0. The molecule has 0 bridgehead atoms. The smallest absolute Gasteiger partial charge is 0.451 e. The zero-order valence-corrected chi connectivity index (χ0v) is 9.13. The number of carbonyl (C=O) groups is 1. The monoisotopic (exact) mass is 249 g/mol. The molecule has 5 nitrogen and oxygen atoms in total. The second kappa shape index (κ2) is 4.98. The summed E-state index contributed by atoms with van der Waals surface area (Å²) in [6.45, 7) is 1.70. The maximum atomic E-state index is 12.3.